The fourth-order valence-corrected chi connectivity index (χ4v) is 1.50. The number of carbonyl (C=O) groups excluding carboxylic acids is 1. The number of hydrogen-bond donors (Lipinski definition) is 1. The van der Waals surface area contributed by atoms with Gasteiger partial charge in [-0.05, 0) is 6.07 Å². The van der Waals surface area contributed by atoms with Crippen LogP contribution >= 0.6 is 0 Å². The van der Waals surface area contributed by atoms with Crippen molar-refractivity contribution in [3.05, 3.63) is 17.9 Å². The number of amides is 1. The smallest absolute Gasteiger partial charge is 0.265 e. The Kier molecular flexibility index (Phi) is 2.41. The summed E-state index contributed by atoms with van der Waals surface area (Å²) in [5.74, 6) is 1.79. The molecule has 1 amide bonds. The molecule has 0 atom stereocenters. The molecule has 1 aromatic carbocycles. The number of hydrogen-bond acceptors (Lipinski definition) is 3. The van der Waals surface area contributed by atoms with E-state index in [2.05, 4.69) is 5.92 Å². The van der Waals surface area contributed by atoms with Crippen LogP contribution in [0.4, 0.5) is 15.8 Å². The van der Waals surface area contributed by atoms with Gasteiger partial charge in [0.1, 0.15) is 11.6 Å². The molecule has 0 spiro atoms. The van der Waals surface area contributed by atoms with Crippen LogP contribution in [0.15, 0.2) is 12.1 Å². The van der Waals surface area contributed by atoms with E-state index in [9.17, 15) is 9.18 Å². The Bertz CT molecular complexity index is 493. The summed E-state index contributed by atoms with van der Waals surface area (Å²) in [4.78, 5) is 12.9. The molecule has 0 saturated heterocycles. The maximum atomic E-state index is 13.2. The van der Waals surface area contributed by atoms with Gasteiger partial charge in [0.25, 0.3) is 5.91 Å². The van der Waals surface area contributed by atoms with Crippen LogP contribution in [0.2, 0.25) is 0 Å². The predicted molar refractivity (Wildman–Crippen MR) is 57.5 cm³/mol. The molecule has 0 bridgehead atoms. The Hall–Kier alpha value is -2.22. The quantitative estimate of drug-likeness (QED) is 0.561. The molecule has 0 unspecified atom stereocenters. The van der Waals surface area contributed by atoms with Crippen molar-refractivity contribution in [2.75, 3.05) is 23.8 Å². The van der Waals surface area contributed by atoms with Crippen molar-refractivity contribution in [1.29, 1.82) is 0 Å². The molecule has 1 aliphatic heterocycles. The summed E-state index contributed by atoms with van der Waals surface area (Å²) in [6.45, 7) is -0.0295. The first-order valence-electron chi connectivity index (χ1n) is 4.59. The lowest BCUT2D eigenvalue weighted by atomic mass is 10.2. The fraction of sp³-hybridized carbons (Fsp3) is 0.182. The summed E-state index contributed by atoms with van der Waals surface area (Å²) in [6, 6.07) is 2.50. The Morgan fingerprint density at radius 3 is 3.06 bits per heavy atom. The molecule has 2 rings (SSSR count). The van der Waals surface area contributed by atoms with E-state index in [4.69, 9.17) is 16.9 Å². The molecule has 5 heteroatoms. The summed E-state index contributed by atoms with van der Waals surface area (Å²) in [7, 11) is 0. The third-order valence-corrected chi connectivity index (χ3v) is 2.27. The average Bonchev–Trinajstić information content (AvgIpc) is 2.25. The first kappa shape index (κ1) is 10.3. The van der Waals surface area contributed by atoms with Gasteiger partial charge in [-0.25, -0.2) is 4.39 Å². The van der Waals surface area contributed by atoms with Gasteiger partial charge in [0.05, 0.1) is 17.9 Å². The minimum absolute atomic E-state index is 0.0425. The third kappa shape index (κ3) is 1.54. The van der Waals surface area contributed by atoms with E-state index in [1.165, 1.54) is 11.0 Å². The zero-order valence-electron chi connectivity index (χ0n) is 8.37. The van der Waals surface area contributed by atoms with Crippen LogP contribution in [0.5, 0.6) is 5.75 Å². The highest BCUT2D eigenvalue weighted by Gasteiger charge is 2.26. The number of halogens is 1. The van der Waals surface area contributed by atoms with E-state index >= 15 is 0 Å². The number of ether oxygens (including phenoxy) is 1. The second kappa shape index (κ2) is 3.74. The Morgan fingerprint density at radius 1 is 1.62 bits per heavy atom. The molecule has 0 saturated carbocycles. The number of benzene rings is 1. The summed E-state index contributed by atoms with van der Waals surface area (Å²) >= 11 is 0. The van der Waals surface area contributed by atoms with E-state index in [1.54, 1.807) is 0 Å². The van der Waals surface area contributed by atoms with E-state index < -0.39 is 5.82 Å². The molecule has 0 aliphatic carbocycles. The van der Waals surface area contributed by atoms with Crippen molar-refractivity contribution in [1.82, 2.24) is 0 Å². The van der Waals surface area contributed by atoms with Gasteiger partial charge in [-0.1, -0.05) is 5.92 Å². The number of nitrogens with zero attached hydrogens (tertiary/aromatic N) is 1. The van der Waals surface area contributed by atoms with Gasteiger partial charge in [-0.15, -0.1) is 6.42 Å². The van der Waals surface area contributed by atoms with Crippen molar-refractivity contribution in [2.45, 2.75) is 0 Å². The highest BCUT2D eigenvalue weighted by molar-refractivity contribution is 5.98. The molecule has 1 heterocycles. The standard InChI is InChI=1S/C11H9FN2O2/c1-2-3-14-9-5-8(13)7(12)4-10(9)16-6-11(14)15/h1,4-5H,3,6,13H2. The van der Waals surface area contributed by atoms with Gasteiger partial charge in [0, 0.05) is 6.07 Å². The normalized spacial score (nSPS) is 14.0. The molecule has 82 valence electrons. The third-order valence-electron chi connectivity index (χ3n) is 2.27. The number of terminal acetylenes is 1. The highest BCUT2D eigenvalue weighted by atomic mass is 19.1. The Morgan fingerprint density at radius 2 is 2.38 bits per heavy atom. The lowest BCUT2D eigenvalue weighted by Gasteiger charge is -2.28. The lowest BCUT2D eigenvalue weighted by molar-refractivity contribution is -0.121. The van der Waals surface area contributed by atoms with Crippen molar-refractivity contribution in [3.8, 4) is 18.1 Å². The second-order valence-electron chi connectivity index (χ2n) is 3.31. The predicted octanol–water partition coefficient (Wildman–Crippen LogP) is 0.767. The molecule has 4 nitrogen and oxygen atoms in total. The van der Waals surface area contributed by atoms with Gasteiger partial charge in [0.15, 0.2) is 6.61 Å². The monoisotopic (exact) mass is 220 g/mol. The van der Waals surface area contributed by atoms with Gasteiger partial charge in [-0.3, -0.25) is 9.69 Å². The fourth-order valence-electron chi connectivity index (χ4n) is 1.50. The number of rotatable bonds is 1. The van der Waals surface area contributed by atoms with Gasteiger partial charge in [-0.2, -0.15) is 0 Å². The number of nitrogens with two attached hydrogens (primary N) is 1. The van der Waals surface area contributed by atoms with E-state index in [0.717, 1.165) is 6.07 Å². The van der Waals surface area contributed by atoms with E-state index in [-0.39, 0.29) is 30.5 Å². The van der Waals surface area contributed by atoms with Gasteiger partial charge in [0.2, 0.25) is 0 Å². The van der Waals surface area contributed by atoms with Crippen LogP contribution < -0.4 is 15.4 Å². The summed E-state index contributed by atoms with van der Waals surface area (Å²) in [5, 5.41) is 0. The maximum absolute atomic E-state index is 13.2. The minimum Gasteiger partial charge on any atom is -0.481 e. The van der Waals surface area contributed by atoms with Gasteiger partial charge >= 0.3 is 0 Å². The van der Waals surface area contributed by atoms with E-state index in [1.807, 2.05) is 0 Å². The molecule has 2 N–H and O–H groups in total. The molecule has 1 aromatic rings. The van der Waals surface area contributed by atoms with Crippen molar-refractivity contribution in [2.24, 2.45) is 0 Å². The van der Waals surface area contributed by atoms with Crippen LogP contribution in [0.25, 0.3) is 0 Å². The number of anilines is 2. The van der Waals surface area contributed by atoms with Crippen LogP contribution in [0.1, 0.15) is 0 Å². The molecule has 16 heavy (non-hydrogen) atoms. The van der Waals surface area contributed by atoms with Crippen molar-refractivity contribution >= 4 is 17.3 Å². The SMILES string of the molecule is C#CCN1C(=O)COc2cc(F)c(N)cc21. The Balaban J connectivity index is 2.51. The highest BCUT2D eigenvalue weighted by Crippen LogP contribution is 2.35. The molecular weight excluding hydrogens is 211 g/mol. The largest absolute Gasteiger partial charge is 0.481 e. The zero-order chi connectivity index (χ0) is 11.7. The topological polar surface area (TPSA) is 55.6 Å². The number of fused-ring (bicyclic) bond motifs is 1. The molecule has 0 radical (unpaired) electrons. The van der Waals surface area contributed by atoms with Crippen LogP contribution in [0.3, 0.4) is 0 Å². The number of nitrogen functional groups attached to an aromatic ring is 1. The van der Waals surface area contributed by atoms with Crippen LogP contribution in [0, 0.1) is 18.2 Å². The minimum atomic E-state index is -0.575. The first-order valence-corrected chi connectivity index (χ1v) is 4.59. The molecule has 1 aliphatic rings. The molecular formula is C11H9FN2O2. The van der Waals surface area contributed by atoms with Crippen LogP contribution in [-0.2, 0) is 4.79 Å². The first-order chi connectivity index (χ1) is 7.63. The molecule has 0 aromatic heterocycles. The average molecular weight is 220 g/mol. The van der Waals surface area contributed by atoms with Crippen molar-refractivity contribution < 1.29 is 13.9 Å². The zero-order valence-corrected chi connectivity index (χ0v) is 8.37. The van der Waals surface area contributed by atoms with Crippen molar-refractivity contribution in [3.63, 3.8) is 0 Å². The van der Waals surface area contributed by atoms with Gasteiger partial charge < -0.3 is 10.5 Å². The van der Waals surface area contributed by atoms with E-state index in [0.29, 0.717) is 5.69 Å². The lowest BCUT2D eigenvalue weighted by Crippen LogP contribution is -2.39. The molecule has 0 fully saturated rings. The second-order valence-corrected chi connectivity index (χ2v) is 3.31. The Labute approximate surface area is 91.8 Å². The summed E-state index contributed by atoms with van der Waals surface area (Å²) in [6.07, 6.45) is 5.16. The summed E-state index contributed by atoms with van der Waals surface area (Å²) in [5.41, 5.74) is 5.80. The van der Waals surface area contributed by atoms with Crippen LogP contribution in [-0.4, -0.2) is 19.1 Å². The number of carbonyl (C=O) groups is 1. The maximum Gasteiger partial charge on any atom is 0.265 e. The summed E-state index contributed by atoms with van der Waals surface area (Å²) < 4.78 is 18.3.